The summed E-state index contributed by atoms with van der Waals surface area (Å²) in [7, 11) is 1.43. The van der Waals surface area contributed by atoms with E-state index in [1.165, 1.54) is 19.3 Å². The van der Waals surface area contributed by atoms with Crippen LogP contribution in [0.5, 0.6) is 11.5 Å². The summed E-state index contributed by atoms with van der Waals surface area (Å²) in [5.74, 6) is -1.36. The number of amides is 4. The van der Waals surface area contributed by atoms with E-state index in [0.717, 1.165) is 9.37 Å². The van der Waals surface area contributed by atoms with Crippen molar-refractivity contribution in [1.29, 1.82) is 0 Å². The number of imide groups is 2. The highest BCUT2D eigenvalue weighted by atomic mass is 79.9. The van der Waals surface area contributed by atoms with Crippen LogP contribution in [0.2, 0.25) is 0 Å². The van der Waals surface area contributed by atoms with E-state index >= 15 is 0 Å². The number of urea groups is 1. The first-order valence-corrected chi connectivity index (χ1v) is 11.8. The summed E-state index contributed by atoms with van der Waals surface area (Å²) < 4.78 is 26.4. The Morgan fingerprint density at radius 1 is 1.03 bits per heavy atom. The lowest BCUT2D eigenvalue weighted by Gasteiger charge is -2.26. The van der Waals surface area contributed by atoms with Crippen molar-refractivity contribution in [3.8, 4) is 11.5 Å². The van der Waals surface area contributed by atoms with Crippen LogP contribution in [0.3, 0.4) is 0 Å². The molecule has 0 aliphatic carbocycles. The SMILES string of the molecule is COc1cc(/C=C2\C(=O)NC(=O)N(c3ccc(Br)cc3)C2=O)cc(Br)c1OCc1ccccc1F. The van der Waals surface area contributed by atoms with E-state index < -0.39 is 23.7 Å². The highest BCUT2D eigenvalue weighted by molar-refractivity contribution is 9.10. The topological polar surface area (TPSA) is 84.9 Å². The number of halogens is 3. The number of nitrogens with one attached hydrogen (secondary N) is 1. The maximum absolute atomic E-state index is 13.9. The van der Waals surface area contributed by atoms with Gasteiger partial charge in [0, 0.05) is 10.0 Å². The van der Waals surface area contributed by atoms with Crippen molar-refractivity contribution < 1.29 is 28.2 Å². The van der Waals surface area contributed by atoms with Gasteiger partial charge in [0.15, 0.2) is 11.5 Å². The molecule has 1 saturated heterocycles. The fourth-order valence-corrected chi connectivity index (χ4v) is 4.22. The van der Waals surface area contributed by atoms with Gasteiger partial charge >= 0.3 is 6.03 Å². The van der Waals surface area contributed by atoms with E-state index in [1.807, 2.05) is 0 Å². The first kappa shape index (κ1) is 24.6. The number of hydrogen-bond acceptors (Lipinski definition) is 5. The van der Waals surface area contributed by atoms with Gasteiger partial charge in [0.05, 0.1) is 17.3 Å². The average molecular weight is 604 g/mol. The molecule has 0 atom stereocenters. The van der Waals surface area contributed by atoms with Gasteiger partial charge in [0.1, 0.15) is 18.0 Å². The Hall–Kier alpha value is -3.50. The van der Waals surface area contributed by atoms with Crippen LogP contribution in [0.15, 0.2) is 75.2 Å². The third-order valence-electron chi connectivity index (χ3n) is 5.08. The van der Waals surface area contributed by atoms with E-state index in [2.05, 4.69) is 37.2 Å². The van der Waals surface area contributed by atoms with Gasteiger partial charge < -0.3 is 9.47 Å². The zero-order valence-electron chi connectivity index (χ0n) is 18.2. The highest BCUT2D eigenvalue weighted by Crippen LogP contribution is 2.38. The minimum atomic E-state index is -0.838. The molecule has 3 aromatic carbocycles. The van der Waals surface area contributed by atoms with Crippen LogP contribution in [0, 0.1) is 5.82 Å². The average Bonchev–Trinajstić information content (AvgIpc) is 2.83. The minimum absolute atomic E-state index is 0.0345. The quantitative estimate of drug-likeness (QED) is 0.293. The van der Waals surface area contributed by atoms with Crippen molar-refractivity contribution in [3.63, 3.8) is 0 Å². The summed E-state index contributed by atoms with van der Waals surface area (Å²) in [5, 5.41) is 2.19. The molecule has 1 aliphatic rings. The predicted octanol–water partition coefficient (Wildman–Crippen LogP) is 5.60. The second-order valence-corrected chi connectivity index (χ2v) is 9.12. The summed E-state index contributed by atoms with van der Waals surface area (Å²) in [6.45, 7) is -0.0345. The van der Waals surface area contributed by atoms with Crippen LogP contribution in [0.25, 0.3) is 6.08 Å². The molecule has 0 radical (unpaired) electrons. The molecule has 0 bridgehead atoms. The van der Waals surface area contributed by atoms with Gasteiger partial charge in [-0.05, 0) is 70.0 Å². The Morgan fingerprint density at radius 2 is 1.74 bits per heavy atom. The number of methoxy groups -OCH3 is 1. The maximum Gasteiger partial charge on any atom is 0.335 e. The van der Waals surface area contributed by atoms with Gasteiger partial charge in [-0.2, -0.15) is 0 Å². The van der Waals surface area contributed by atoms with Crippen molar-refractivity contribution in [2.45, 2.75) is 6.61 Å². The summed E-state index contributed by atoms with van der Waals surface area (Å²) in [6.07, 6.45) is 1.35. The van der Waals surface area contributed by atoms with Crippen LogP contribution in [-0.4, -0.2) is 25.0 Å². The summed E-state index contributed by atoms with van der Waals surface area (Å²) in [4.78, 5) is 38.8. The zero-order valence-corrected chi connectivity index (χ0v) is 21.4. The molecular formula is C25H17Br2FN2O5. The Bertz CT molecular complexity index is 1360. The zero-order chi connectivity index (χ0) is 25.1. The van der Waals surface area contributed by atoms with Gasteiger partial charge in [0.2, 0.25) is 0 Å². The Balaban J connectivity index is 1.64. The Labute approximate surface area is 216 Å². The third-order valence-corrected chi connectivity index (χ3v) is 6.20. The van der Waals surface area contributed by atoms with Crippen molar-refractivity contribution in [2.24, 2.45) is 0 Å². The second kappa shape index (κ2) is 10.4. The van der Waals surface area contributed by atoms with Crippen molar-refractivity contribution in [3.05, 3.63) is 92.1 Å². The van der Waals surface area contributed by atoms with Crippen LogP contribution in [0.4, 0.5) is 14.9 Å². The van der Waals surface area contributed by atoms with Crippen LogP contribution in [0.1, 0.15) is 11.1 Å². The first-order valence-electron chi connectivity index (χ1n) is 10.2. The summed E-state index contributed by atoms with van der Waals surface area (Å²) in [5.41, 5.74) is 0.886. The smallest absolute Gasteiger partial charge is 0.335 e. The fraction of sp³-hybridized carbons (Fsp3) is 0.0800. The molecule has 10 heteroatoms. The molecular weight excluding hydrogens is 587 g/mol. The van der Waals surface area contributed by atoms with E-state index in [-0.39, 0.29) is 12.2 Å². The number of rotatable bonds is 6. The lowest BCUT2D eigenvalue weighted by atomic mass is 10.1. The molecule has 0 unspecified atom stereocenters. The summed E-state index contributed by atoms with van der Waals surface area (Å²) in [6, 6.07) is 15.1. The van der Waals surface area contributed by atoms with Gasteiger partial charge in [-0.25, -0.2) is 14.1 Å². The number of carbonyl (C=O) groups is 3. The third kappa shape index (κ3) is 5.28. The highest BCUT2D eigenvalue weighted by Gasteiger charge is 2.36. The van der Waals surface area contributed by atoms with E-state index in [4.69, 9.17) is 9.47 Å². The van der Waals surface area contributed by atoms with E-state index in [1.54, 1.807) is 54.6 Å². The molecule has 35 heavy (non-hydrogen) atoms. The Kier molecular flexibility index (Phi) is 7.32. The predicted molar refractivity (Wildman–Crippen MR) is 135 cm³/mol. The number of hydrogen-bond donors (Lipinski definition) is 1. The first-order chi connectivity index (χ1) is 16.8. The number of ether oxygens (including phenoxy) is 2. The molecule has 1 N–H and O–H groups in total. The number of nitrogens with zero attached hydrogens (tertiary/aromatic N) is 1. The van der Waals surface area contributed by atoms with Crippen molar-refractivity contribution >= 4 is 61.5 Å². The minimum Gasteiger partial charge on any atom is -0.493 e. The normalized spacial score (nSPS) is 14.8. The lowest BCUT2D eigenvalue weighted by Crippen LogP contribution is -2.54. The van der Waals surface area contributed by atoms with Crippen molar-refractivity contribution in [1.82, 2.24) is 5.32 Å². The monoisotopic (exact) mass is 602 g/mol. The second-order valence-electron chi connectivity index (χ2n) is 7.35. The standard InChI is InChI=1S/C25H17Br2FN2O5/c1-34-21-12-14(11-19(27)22(21)35-13-15-4-2-3-5-20(15)28)10-18-23(31)29-25(33)30(24(18)32)17-8-6-16(26)7-9-17/h2-12H,13H2,1H3,(H,29,31,33)/b18-10+. The molecule has 1 aliphatic heterocycles. The molecule has 0 spiro atoms. The van der Waals surface area contributed by atoms with Crippen LogP contribution < -0.4 is 19.7 Å². The molecule has 4 amide bonds. The Morgan fingerprint density at radius 3 is 2.43 bits per heavy atom. The van der Waals surface area contributed by atoms with Crippen molar-refractivity contribution in [2.75, 3.05) is 12.0 Å². The molecule has 0 aromatic heterocycles. The molecule has 4 rings (SSSR count). The van der Waals surface area contributed by atoms with Gasteiger partial charge in [-0.15, -0.1) is 0 Å². The molecule has 178 valence electrons. The number of anilines is 1. The molecule has 0 saturated carbocycles. The summed E-state index contributed by atoms with van der Waals surface area (Å²) >= 11 is 6.71. The van der Waals surface area contributed by atoms with E-state index in [0.29, 0.717) is 32.8 Å². The van der Waals surface area contributed by atoms with Gasteiger partial charge in [-0.3, -0.25) is 14.9 Å². The largest absolute Gasteiger partial charge is 0.493 e. The lowest BCUT2D eigenvalue weighted by molar-refractivity contribution is -0.122. The van der Waals surface area contributed by atoms with Crippen LogP contribution in [-0.2, 0) is 16.2 Å². The number of benzene rings is 3. The van der Waals surface area contributed by atoms with E-state index in [9.17, 15) is 18.8 Å². The molecule has 1 heterocycles. The molecule has 7 nitrogen and oxygen atoms in total. The number of barbiturate groups is 1. The maximum atomic E-state index is 13.9. The molecule has 3 aromatic rings. The number of carbonyl (C=O) groups excluding carboxylic acids is 3. The molecule has 1 fully saturated rings. The fourth-order valence-electron chi connectivity index (χ4n) is 3.38. The van der Waals surface area contributed by atoms with Crippen LogP contribution >= 0.6 is 31.9 Å². The van der Waals surface area contributed by atoms with Gasteiger partial charge in [-0.1, -0.05) is 34.1 Å². The van der Waals surface area contributed by atoms with Gasteiger partial charge in [0.25, 0.3) is 11.8 Å².